The zero-order chi connectivity index (χ0) is 17.4. The largest absolute Gasteiger partial charge is 0.452 e. The molecule has 0 aromatic heterocycles. The van der Waals surface area contributed by atoms with Gasteiger partial charge in [-0.2, -0.15) is 0 Å². The minimum atomic E-state index is -0.761. The van der Waals surface area contributed by atoms with Crippen molar-refractivity contribution in [1.29, 1.82) is 0 Å². The lowest BCUT2D eigenvalue weighted by Gasteiger charge is -2.14. The van der Waals surface area contributed by atoms with E-state index in [0.29, 0.717) is 11.6 Å². The summed E-state index contributed by atoms with van der Waals surface area (Å²) < 4.78 is 4.87. The second kappa shape index (κ2) is 8.99. The number of esters is 1. The van der Waals surface area contributed by atoms with Gasteiger partial charge in [0.15, 0.2) is 6.61 Å². The highest BCUT2D eigenvalue weighted by Gasteiger charge is 2.17. The number of rotatable bonds is 7. The molecule has 8 heteroatoms. The summed E-state index contributed by atoms with van der Waals surface area (Å²) in [7, 11) is 0. The average Bonchev–Trinajstić information content (AvgIpc) is 2.52. The third kappa shape index (κ3) is 6.15. The summed E-state index contributed by atoms with van der Waals surface area (Å²) in [5, 5.41) is 5.42. The molecular weight excluding hydrogens is 322 g/mol. The van der Waals surface area contributed by atoms with Gasteiger partial charge in [-0.1, -0.05) is 18.5 Å². The standard InChI is InChI=1S/C15H20ClN3O4/c1-3-6-18-14(21)9(2)19-13(20)8-23-15(22)11-7-10(16)4-5-12(11)17/h4-5,7,9H,3,6,8,17H2,1-2H3,(H,18,21)(H,19,20)/t9-/m0/s1. The predicted molar refractivity (Wildman–Crippen MR) is 87.1 cm³/mol. The van der Waals surface area contributed by atoms with Crippen LogP contribution in [-0.4, -0.2) is 37.0 Å². The molecule has 7 nitrogen and oxygen atoms in total. The molecule has 1 aromatic rings. The third-order valence-electron chi connectivity index (χ3n) is 2.89. The maximum atomic E-state index is 11.9. The highest BCUT2D eigenvalue weighted by Crippen LogP contribution is 2.18. The summed E-state index contributed by atoms with van der Waals surface area (Å²) in [6.07, 6.45) is 0.797. The van der Waals surface area contributed by atoms with Crippen molar-refractivity contribution in [2.75, 3.05) is 18.9 Å². The Morgan fingerprint density at radius 2 is 2.04 bits per heavy atom. The van der Waals surface area contributed by atoms with E-state index in [2.05, 4.69) is 10.6 Å². The summed E-state index contributed by atoms with van der Waals surface area (Å²) in [4.78, 5) is 35.2. The van der Waals surface area contributed by atoms with Crippen molar-refractivity contribution in [1.82, 2.24) is 10.6 Å². The molecule has 2 amide bonds. The number of halogens is 1. The third-order valence-corrected chi connectivity index (χ3v) is 3.12. The van der Waals surface area contributed by atoms with Crippen molar-refractivity contribution in [2.45, 2.75) is 26.3 Å². The second-order valence-corrected chi connectivity index (χ2v) is 5.32. The highest BCUT2D eigenvalue weighted by molar-refractivity contribution is 6.31. The number of nitrogen functional groups attached to an aromatic ring is 1. The highest BCUT2D eigenvalue weighted by atomic mass is 35.5. The maximum absolute atomic E-state index is 11.9. The molecule has 0 saturated heterocycles. The van der Waals surface area contributed by atoms with Crippen LogP contribution in [0.4, 0.5) is 5.69 Å². The minimum absolute atomic E-state index is 0.0824. The first-order valence-corrected chi connectivity index (χ1v) is 7.52. The van der Waals surface area contributed by atoms with Gasteiger partial charge in [0.05, 0.1) is 5.56 Å². The Balaban J connectivity index is 2.48. The van der Waals surface area contributed by atoms with Crippen molar-refractivity contribution in [3.05, 3.63) is 28.8 Å². The molecule has 1 atom stereocenters. The van der Waals surface area contributed by atoms with Crippen LogP contribution in [0.15, 0.2) is 18.2 Å². The molecule has 0 bridgehead atoms. The van der Waals surface area contributed by atoms with Gasteiger partial charge < -0.3 is 21.1 Å². The van der Waals surface area contributed by atoms with Crippen molar-refractivity contribution >= 4 is 35.1 Å². The molecule has 0 radical (unpaired) electrons. The molecule has 1 aromatic carbocycles. The van der Waals surface area contributed by atoms with Crippen LogP contribution in [0.5, 0.6) is 0 Å². The van der Waals surface area contributed by atoms with Gasteiger partial charge in [-0.05, 0) is 31.5 Å². The Kier molecular flexibility index (Phi) is 7.34. The van der Waals surface area contributed by atoms with Gasteiger partial charge in [-0.15, -0.1) is 0 Å². The number of anilines is 1. The Morgan fingerprint density at radius 3 is 2.70 bits per heavy atom. The van der Waals surface area contributed by atoms with E-state index in [1.807, 2.05) is 6.92 Å². The van der Waals surface area contributed by atoms with Crippen LogP contribution in [0, 0.1) is 0 Å². The smallest absolute Gasteiger partial charge is 0.340 e. The van der Waals surface area contributed by atoms with Gasteiger partial charge in [-0.3, -0.25) is 9.59 Å². The summed E-state index contributed by atoms with van der Waals surface area (Å²) in [6, 6.07) is 3.65. The Bertz CT molecular complexity index is 592. The summed E-state index contributed by atoms with van der Waals surface area (Å²) in [5.74, 6) is -1.65. The minimum Gasteiger partial charge on any atom is -0.452 e. The van der Waals surface area contributed by atoms with Crippen LogP contribution < -0.4 is 16.4 Å². The first-order valence-electron chi connectivity index (χ1n) is 7.14. The quantitative estimate of drug-likeness (QED) is 0.508. The summed E-state index contributed by atoms with van der Waals surface area (Å²) in [5.41, 5.74) is 5.93. The van der Waals surface area contributed by atoms with E-state index >= 15 is 0 Å². The van der Waals surface area contributed by atoms with Gasteiger partial charge in [0.25, 0.3) is 5.91 Å². The molecular formula is C15H20ClN3O4. The Hall–Kier alpha value is -2.28. The van der Waals surface area contributed by atoms with Gasteiger partial charge in [-0.25, -0.2) is 4.79 Å². The van der Waals surface area contributed by atoms with E-state index in [1.165, 1.54) is 18.2 Å². The van der Waals surface area contributed by atoms with Gasteiger partial charge in [0.1, 0.15) is 6.04 Å². The summed E-state index contributed by atoms with van der Waals surface area (Å²) in [6.45, 7) is 3.47. The molecule has 0 spiro atoms. The van der Waals surface area contributed by atoms with Crippen molar-refractivity contribution < 1.29 is 19.1 Å². The molecule has 23 heavy (non-hydrogen) atoms. The number of hydrogen-bond acceptors (Lipinski definition) is 5. The number of carbonyl (C=O) groups excluding carboxylic acids is 3. The van der Waals surface area contributed by atoms with Crippen LogP contribution in [0.2, 0.25) is 5.02 Å². The van der Waals surface area contributed by atoms with E-state index in [0.717, 1.165) is 6.42 Å². The SMILES string of the molecule is CCCNC(=O)[C@H](C)NC(=O)COC(=O)c1cc(Cl)ccc1N. The fourth-order valence-electron chi connectivity index (χ4n) is 1.66. The average molecular weight is 342 g/mol. The van der Waals surface area contributed by atoms with Gasteiger partial charge in [0, 0.05) is 17.3 Å². The molecule has 4 N–H and O–H groups in total. The monoisotopic (exact) mass is 341 g/mol. The summed E-state index contributed by atoms with van der Waals surface area (Å²) >= 11 is 5.78. The number of ether oxygens (including phenoxy) is 1. The molecule has 0 aliphatic heterocycles. The molecule has 0 aliphatic carbocycles. The van der Waals surface area contributed by atoms with E-state index in [1.54, 1.807) is 6.92 Å². The fraction of sp³-hybridized carbons (Fsp3) is 0.400. The molecule has 1 rings (SSSR count). The van der Waals surface area contributed by atoms with Crippen molar-refractivity contribution in [3.63, 3.8) is 0 Å². The van der Waals surface area contributed by atoms with Crippen LogP contribution >= 0.6 is 11.6 Å². The molecule has 0 aliphatic rings. The molecule has 0 heterocycles. The molecule has 0 saturated carbocycles. The van der Waals surface area contributed by atoms with Crippen LogP contribution in [0.3, 0.4) is 0 Å². The van der Waals surface area contributed by atoms with E-state index in [9.17, 15) is 14.4 Å². The van der Waals surface area contributed by atoms with Crippen LogP contribution in [0.25, 0.3) is 0 Å². The van der Waals surface area contributed by atoms with Gasteiger partial charge >= 0.3 is 5.97 Å². The topological polar surface area (TPSA) is 111 Å². The zero-order valence-electron chi connectivity index (χ0n) is 13.0. The number of nitrogens with one attached hydrogen (secondary N) is 2. The van der Waals surface area contributed by atoms with E-state index in [4.69, 9.17) is 22.1 Å². The van der Waals surface area contributed by atoms with Crippen LogP contribution in [0.1, 0.15) is 30.6 Å². The van der Waals surface area contributed by atoms with E-state index in [-0.39, 0.29) is 17.2 Å². The lowest BCUT2D eigenvalue weighted by atomic mass is 10.2. The molecule has 126 valence electrons. The molecule has 0 unspecified atom stereocenters. The normalized spacial score (nSPS) is 11.4. The lowest BCUT2D eigenvalue weighted by molar-refractivity contribution is -0.130. The van der Waals surface area contributed by atoms with Crippen LogP contribution in [-0.2, 0) is 14.3 Å². The number of carbonyl (C=O) groups is 3. The van der Waals surface area contributed by atoms with E-state index < -0.39 is 24.5 Å². The lowest BCUT2D eigenvalue weighted by Crippen LogP contribution is -2.46. The fourth-order valence-corrected chi connectivity index (χ4v) is 1.84. The van der Waals surface area contributed by atoms with Gasteiger partial charge in [0.2, 0.25) is 5.91 Å². The maximum Gasteiger partial charge on any atom is 0.340 e. The van der Waals surface area contributed by atoms with Crippen molar-refractivity contribution in [3.8, 4) is 0 Å². The first kappa shape index (κ1) is 18.8. The number of amides is 2. The number of benzene rings is 1. The number of nitrogens with two attached hydrogens (primary N) is 1. The first-order chi connectivity index (χ1) is 10.8. The number of hydrogen-bond donors (Lipinski definition) is 3. The Labute approximate surface area is 139 Å². The Morgan fingerprint density at radius 1 is 1.35 bits per heavy atom. The van der Waals surface area contributed by atoms with Crippen molar-refractivity contribution in [2.24, 2.45) is 0 Å². The zero-order valence-corrected chi connectivity index (χ0v) is 13.8. The predicted octanol–water partition coefficient (Wildman–Crippen LogP) is 1.11. The molecule has 0 fully saturated rings. The second-order valence-electron chi connectivity index (χ2n) is 4.89.